The average Bonchev–Trinajstić information content (AvgIpc) is 3.16. The highest BCUT2D eigenvalue weighted by Crippen LogP contribution is 2.27. The zero-order valence-electron chi connectivity index (χ0n) is 15.1. The van der Waals surface area contributed by atoms with Crippen molar-refractivity contribution in [3.8, 4) is 0 Å². The van der Waals surface area contributed by atoms with Crippen LogP contribution in [0.5, 0.6) is 0 Å². The second-order valence-electron chi connectivity index (χ2n) is 5.70. The summed E-state index contributed by atoms with van der Waals surface area (Å²) in [5.41, 5.74) is 1.81. The van der Waals surface area contributed by atoms with Crippen LogP contribution in [0, 0.1) is 5.82 Å². The lowest BCUT2D eigenvalue weighted by atomic mass is 10.2. The third-order valence-electron chi connectivity index (χ3n) is 3.70. The summed E-state index contributed by atoms with van der Waals surface area (Å²) in [6.07, 6.45) is 2.38. The van der Waals surface area contributed by atoms with Crippen molar-refractivity contribution in [2.75, 3.05) is 22.6 Å². The minimum Gasteiger partial charge on any atom is -0.356 e. The van der Waals surface area contributed by atoms with Crippen LogP contribution >= 0.6 is 34.9 Å². The summed E-state index contributed by atoms with van der Waals surface area (Å²) < 4.78 is 13.7. The van der Waals surface area contributed by atoms with Crippen molar-refractivity contribution < 1.29 is 9.18 Å². The Hall–Kier alpha value is -2.10. The fraction of sp³-hybridized carbons (Fsp3) is 0.211. The summed E-state index contributed by atoms with van der Waals surface area (Å²) in [5.74, 6) is 0.354. The van der Waals surface area contributed by atoms with Crippen molar-refractivity contribution >= 4 is 51.6 Å². The van der Waals surface area contributed by atoms with Gasteiger partial charge in [-0.1, -0.05) is 47.4 Å². The lowest BCUT2D eigenvalue weighted by molar-refractivity contribution is -0.115. The van der Waals surface area contributed by atoms with E-state index in [0.717, 1.165) is 20.5 Å². The van der Waals surface area contributed by atoms with Gasteiger partial charge in [0.15, 0.2) is 4.34 Å². The monoisotopic (exact) mass is 434 g/mol. The van der Waals surface area contributed by atoms with Crippen LogP contribution < -0.4 is 10.6 Å². The molecule has 146 valence electrons. The van der Waals surface area contributed by atoms with E-state index in [9.17, 15) is 9.18 Å². The van der Waals surface area contributed by atoms with Gasteiger partial charge in [0, 0.05) is 23.6 Å². The van der Waals surface area contributed by atoms with Gasteiger partial charge < -0.3 is 10.6 Å². The zero-order valence-corrected chi connectivity index (χ0v) is 17.6. The van der Waals surface area contributed by atoms with Crippen molar-refractivity contribution in [2.24, 2.45) is 0 Å². The van der Waals surface area contributed by atoms with E-state index in [1.807, 2.05) is 30.5 Å². The standard InChI is InChI=1S/C19H19FN4OS3/c1-26-16-5-3-2-4-15(16)22-17(25)10-11-27-19-24-23-18(28-19)21-12-13-6-8-14(20)9-7-13/h2-9H,10-12H2,1H3,(H,21,23)(H,22,25). The number of hydrogen-bond acceptors (Lipinski definition) is 7. The highest BCUT2D eigenvalue weighted by molar-refractivity contribution is 8.01. The molecule has 5 nitrogen and oxygen atoms in total. The molecule has 0 bridgehead atoms. The number of nitrogens with one attached hydrogen (secondary N) is 2. The summed E-state index contributed by atoms with van der Waals surface area (Å²) in [6, 6.07) is 14.1. The molecule has 1 amide bonds. The molecule has 0 radical (unpaired) electrons. The van der Waals surface area contributed by atoms with E-state index in [1.165, 1.54) is 35.2 Å². The highest BCUT2D eigenvalue weighted by Gasteiger charge is 2.09. The number of halogens is 1. The molecule has 0 fully saturated rings. The van der Waals surface area contributed by atoms with Gasteiger partial charge in [0.25, 0.3) is 0 Å². The third-order valence-corrected chi connectivity index (χ3v) is 6.51. The van der Waals surface area contributed by atoms with Crippen LogP contribution in [0.4, 0.5) is 15.2 Å². The van der Waals surface area contributed by atoms with Crippen LogP contribution in [0.25, 0.3) is 0 Å². The van der Waals surface area contributed by atoms with E-state index < -0.39 is 0 Å². The molecule has 1 heterocycles. The first-order valence-corrected chi connectivity index (χ1v) is 11.5. The lowest BCUT2D eigenvalue weighted by Gasteiger charge is -2.08. The second kappa shape index (κ2) is 10.4. The number of anilines is 2. The van der Waals surface area contributed by atoms with E-state index in [0.29, 0.717) is 23.8 Å². The number of nitrogens with zero attached hydrogens (tertiary/aromatic N) is 2. The summed E-state index contributed by atoms with van der Waals surface area (Å²) in [5, 5.41) is 15.0. The number of para-hydroxylation sites is 1. The number of carbonyl (C=O) groups excluding carboxylic acids is 1. The molecule has 3 rings (SSSR count). The largest absolute Gasteiger partial charge is 0.356 e. The Bertz CT molecular complexity index is 918. The van der Waals surface area contributed by atoms with Crippen LogP contribution in [0.15, 0.2) is 57.8 Å². The van der Waals surface area contributed by atoms with E-state index in [1.54, 1.807) is 23.9 Å². The maximum atomic E-state index is 12.9. The van der Waals surface area contributed by atoms with Gasteiger partial charge in [0.2, 0.25) is 11.0 Å². The number of thioether (sulfide) groups is 2. The molecular formula is C19H19FN4OS3. The third kappa shape index (κ3) is 6.22. The van der Waals surface area contributed by atoms with Gasteiger partial charge in [-0.25, -0.2) is 4.39 Å². The Morgan fingerprint density at radius 1 is 1.14 bits per heavy atom. The fourth-order valence-electron chi connectivity index (χ4n) is 2.31. The minimum atomic E-state index is -0.251. The van der Waals surface area contributed by atoms with Crippen molar-refractivity contribution in [2.45, 2.75) is 22.2 Å². The molecule has 1 aromatic heterocycles. The summed E-state index contributed by atoms with van der Waals surface area (Å²) >= 11 is 4.54. The summed E-state index contributed by atoms with van der Waals surface area (Å²) in [4.78, 5) is 13.2. The van der Waals surface area contributed by atoms with Crippen LogP contribution in [0.1, 0.15) is 12.0 Å². The fourth-order valence-corrected chi connectivity index (χ4v) is 4.62. The number of hydrogen-bond donors (Lipinski definition) is 2. The maximum Gasteiger partial charge on any atom is 0.225 e. The Balaban J connectivity index is 1.41. The van der Waals surface area contributed by atoms with Gasteiger partial charge in [-0.05, 0) is 36.1 Å². The van der Waals surface area contributed by atoms with Gasteiger partial charge >= 0.3 is 0 Å². The molecule has 0 atom stereocenters. The number of benzene rings is 2. The van der Waals surface area contributed by atoms with Gasteiger partial charge in [-0.15, -0.1) is 22.0 Å². The number of carbonyl (C=O) groups is 1. The molecule has 2 aromatic carbocycles. The van der Waals surface area contributed by atoms with Crippen molar-refractivity contribution in [3.63, 3.8) is 0 Å². The van der Waals surface area contributed by atoms with Crippen molar-refractivity contribution in [3.05, 3.63) is 59.9 Å². The van der Waals surface area contributed by atoms with Gasteiger partial charge in [0.1, 0.15) is 5.82 Å². The van der Waals surface area contributed by atoms with E-state index >= 15 is 0 Å². The molecule has 0 saturated heterocycles. The molecule has 28 heavy (non-hydrogen) atoms. The molecule has 0 aliphatic rings. The number of amides is 1. The smallest absolute Gasteiger partial charge is 0.225 e. The normalized spacial score (nSPS) is 10.6. The SMILES string of the molecule is CSc1ccccc1NC(=O)CCSc1nnc(NCc2ccc(F)cc2)s1. The van der Waals surface area contributed by atoms with Crippen LogP contribution in [0.2, 0.25) is 0 Å². The molecule has 0 aliphatic carbocycles. The number of rotatable bonds is 9. The Kier molecular flexibility index (Phi) is 7.70. The first-order valence-electron chi connectivity index (χ1n) is 8.51. The molecule has 0 saturated carbocycles. The molecule has 2 N–H and O–H groups in total. The quantitative estimate of drug-likeness (QED) is 0.455. The summed E-state index contributed by atoms with van der Waals surface area (Å²) in [7, 11) is 0. The first kappa shape index (κ1) is 20.6. The molecule has 0 aliphatic heterocycles. The molecule has 0 unspecified atom stereocenters. The predicted octanol–water partition coefficient (Wildman–Crippen LogP) is 5.13. The predicted molar refractivity (Wildman–Crippen MR) is 116 cm³/mol. The van der Waals surface area contributed by atoms with Gasteiger partial charge in [0.05, 0.1) is 5.69 Å². The maximum absolute atomic E-state index is 12.9. The van der Waals surface area contributed by atoms with Gasteiger partial charge in [-0.3, -0.25) is 4.79 Å². The average molecular weight is 435 g/mol. The van der Waals surface area contributed by atoms with Crippen molar-refractivity contribution in [1.82, 2.24) is 10.2 Å². The van der Waals surface area contributed by atoms with Crippen LogP contribution in [-0.4, -0.2) is 28.1 Å². The number of aromatic nitrogens is 2. The molecule has 3 aromatic rings. The Morgan fingerprint density at radius 2 is 1.93 bits per heavy atom. The van der Waals surface area contributed by atoms with Gasteiger partial charge in [-0.2, -0.15) is 0 Å². The lowest BCUT2D eigenvalue weighted by Crippen LogP contribution is -2.12. The Labute approximate surface area is 175 Å². The van der Waals surface area contributed by atoms with Crippen LogP contribution in [-0.2, 0) is 11.3 Å². The molecule has 0 spiro atoms. The Morgan fingerprint density at radius 3 is 2.71 bits per heavy atom. The second-order valence-corrected chi connectivity index (χ2v) is 8.87. The first-order chi connectivity index (χ1) is 13.6. The minimum absolute atomic E-state index is 0.0202. The van der Waals surface area contributed by atoms with Crippen molar-refractivity contribution in [1.29, 1.82) is 0 Å². The van der Waals surface area contributed by atoms with E-state index in [-0.39, 0.29) is 11.7 Å². The summed E-state index contributed by atoms with van der Waals surface area (Å²) in [6.45, 7) is 0.552. The van der Waals surface area contributed by atoms with Crippen LogP contribution in [0.3, 0.4) is 0 Å². The molecular weight excluding hydrogens is 415 g/mol. The molecule has 9 heteroatoms. The van der Waals surface area contributed by atoms with E-state index in [2.05, 4.69) is 20.8 Å². The zero-order chi connectivity index (χ0) is 19.8. The highest BCUT2D eigenvalue weighted by atomic mass is 32.2. The van der Waals surface area contributed by atoms with E-state index in [4.69, 9.17) is 0 Å². The topological polar surface area (TPSA) is 66.9 Å².